The average molecular weight is 155 g/mol. The Kier molecular flexibility index (Phi) is 5.03. The van der Waals surface area contributed by atoms with Crippen molar-refractivity contribution >= 4 is 18.8 Å². The van der Waals surface area contributed by atoms with Crippen LogP contribution in [0.5, 0.6) is 0 Å². The number of allylic oxidation sites excluding steroid dienone is 1. The van der Waals surface area contributed by atoms with E-state index in [2.05, 4.69) is 24.2 Å². The largest absolute Gasteiger partial charge is 0.265 e. The maximum Gasteiger partial charge on any atom is 0.0293 e. The van der Waals surface area contributed by atoms with Crippen molar-refractivity contribution in [1.82, 2.24) is 0 Å². The molecule has 0 radical (unpaired) electrons. The van der Waals surface area contributed by atoms with E-state index in [1.165, 1.54) is 6.20 Å². The topological polar surface area (TPSA) is 12.4 Å². The zero-order valence-corrected chi connectivity index (χ0v) is 7.31. The fourth-order valence-corrected chi connectivity index (χ4v) is 0.829. The summed E-state index contributed by atoms with van der Waals surface area (Å²) in [5, 5.41) is 0.288. The van der Waals surface area contributed by atoms with Gasteiger partial charge in [-0.3, -0.25) is 4.99 Å². The molecule has 10 heavy (non-hydrogen) atoms. The highest BCUT2D eigenvalue weighted by atomic mass is 32.1. The molecule has 0 amide bonds. The molecular weight excluding hydrogens is 142 g/mol. The molecule has 1 nitrogen and oxygen atoms in total. The fourth-order valence-electron chi connectivity index (χ4n) is 0.594. The Morgan fingerprint density at radius 3 is 2.70 bits per heavy atom. The van der Waals surface area contributed by atoms with Crippen molar-refractivity contribution in [2.75, 3.05) is 0 Å². The third kappa shape index (κ3) is 5.63. The van der Waals surface area contributed by atoms with Crippen molar-refractivity contribution in [2.45, 2.75) is 19.1 Å². The summed E-state index contributed by atoms with van der Waals surface area (Å²) in [5.41, 5.74) is 1.11. The van der Waals surface area contributed by atoms with Gasteiger partial charge in [-0.15, -0.1) is 0 Å². The van der Waals surface area contributed by atoms with Gasteiger partial charge in [-0.2, -0.15) is 12.6 Å². The Balaban J connectivity index is 3.93. The van der Waals surface area contributed by atoms with E-state index in [9.17, 15) is 0 Å². The van der Waals surface area contributed by atoms with Crippen LogP contribution in [0.2, 0.25) is 0 Å². The van der Waals surface area contributed by atoms with Crippen molar-refractivity contribution in [3.63, 3.8) is 0 Å². The molecule has 0 fully saturated rings. The van der Waals surface area contributed by atoms with Crippen LogP contribution in [0, 0.1) is 0 Å². The van der Waals surface area contributed by atoms with Gasteiger partial charge in [0, 0.05) is 17.7 Å². The SMILES string of the molecule is C=CN=C/C(C)=C\C(C)S. The lowest BCUT2D eigenvalue weighted by molar-refractivity contribution is 1.24. The van der Waals surface area contributed by atoms with E-state index in [1.54, 1.807) is 6.21 Å². The van der Waals surface area contributed by atoms with Gasteiger partial charge in [0.2, 0.25) is 0 Å². The van der Waals surface area contributed by atoms with Crippen LogP contribution in [-0.4, -0.2) is 11.5 Å². The van der Waals surface area contributed by atoms with Crippen LogP contribution in [0.1, 0.15) is 13.8 Å². The van der Waals surface area contributed by atoms with E-state index in [-0.39, 0.29) is 5.25 Å². The highest BCUT2D eigenvalue weighted by molar-refractivity contribution is 7.81. The molecule has 0 bridgehead atoms. The van der Waals surface area contributed by atoms with Gasteiger partial charge in [-0.25, -0.2) is 0 Å². The second kappa shape index (κ2) is 5.30. The first-order valence-electron chi connectivity index (χ1n) is 3.17. The predicted octanol–water partition coefficient (Wildman–Crippen LogP) is 2.47. The molecule has 0 aliphatic heterocycles. The number of hydrogen-bond donors (Lipinski definition) is 1. The summed E-state index contributed by atoms with van der Waals surface area (Å²) in [4.78, 5) is 3.86. The monoisotopic (exact) mass is 155 g/mol. The first-order chi connectivity index (χ1) is 4.66. The minimum atomic E-state index is 0.288. The van der Waals surface area contributed by atoms with Gasteiger partial charge < -0.3 is 0 Å². The minimum absolute atomic E-state index is 0.288. The van der Waals surface area contributed by atoms with E-state index in [1.807, 2.05) is 19.9 Å². The molecule has 1 unspecified atom stereocenters. The normalized spacial score (nSPS) is 15.7. The van der Waals surface area contributed by atoms with Crippen LogP contribution in [0.15, 0.2) is 29.4 Å². The predicted molar refractivity (Wildman–Crippen MR) is 50.9 cm³/mol. The quantitative estimate of drug-likeness (QED) is 0.475. The Morgan fingerprint density at radius 1 is 1.70 bits per heavy atom. The van der Waals surface area contributed by atoms with Crippen LogP contribution in [0.25, 0.3) is 0 Å². The third-order valence-electron chi connectivity index (χ3n) is 0.888. The molecule has 1 atom stereocenters. The maximum atomic E-state index is 4.20. The molecule has 0 aromatic rings. The molecule has 2 heteroatoms. The van der Waals surface area contributed by atoms with Gasteiger partial charge >= 0.3 is 0 Å². The molecule has 0 rings (SSSR count). The van der Waals surface area contributed by atoms with Crippen LogP contribution >= 0.6 is 12.6 Å². The van der Waals surface area contributed by atoms with Crippen molar-refractivity contribution in [3.05, 3.63) is 24.4 Å². The van der Waals surface area contributed by atoms with Crippen LogP contribution < -0.4 is 0 Å². The van der Waals surface area contributed by atoms with E-state index >= 15 is 0 Å². The Hall–Kier alpha value is -0.500. The van der Waals surface area contributed by atoms with Gasteiger partial charge in [0.05, 0.1) is 0 Å². The summed E-state index contributed by atoms with van der Waals surface area (Å²) in [6.45, 7) is 7.46. The van der Waals surface area contributed by atoms with E-state index < -0.39 is 0 Å². The number of hydrogen-bond acceptors (Lipinski definition) is 2. The zero-order chi connectivity index (χ0) is 7.98. The Labute approximate surface area is 68.0 Å². The molecule has 0 spiro atoms. The Morgan fingerprint density at radius 2 is 2.30 bits per heavy atom. The third-order valence-corrected chi connectivity index (χ3v) is 1.04. The van der Waals surface area contributed by atoms with Gasteiger partial charge in [0.15, 0.2) is 0 Å². The van der Waals surface area contributed by atoms with Gasteiger partial charge in [-0.1, -0.05) is 12.7 Å². The summed E-state index contributed by atoms with van der Waals surface area (Å²) in [6.07, 6.45) is 5.30. The average Bonchev–Trinajstić information content (AvgIpc) is 1.82. The standard InChI is InChI=1S/C8H13NS/c1-4-9-6-7(2)5-8(3)10/h4-6,8,10H,1H2,2-3H3/b7-5-,9-6?. The molecular formula is C8H13NS. The summed E-state index contributed by atoms with van der Waals surface area (Å²) >= 11 is 4.20. The second-order valence-electron chi connectivity index (χ2n) is 2.11. The van der Waals surface area contributed by atoms with Gasteiger partial charge in [-0.05, 0) is 19.4 Å². The van der Waals surface area contributed by atoms with Crippen LogP contribution in [0.3, 0.4) is 0 Å². The minimum Gasteiger partial charge on any atom is -0.265 e. The maximum absolute atomic E-state index is 4.20. The molecule has 0 saturated carbocycles. The first-order valence-corrected chi connectivity index (χ1v) is 3.69. The van der Waals surface area contributed by atoms with Crippen molar-refractivity contribution in [2.24, 2.45) is 4.99 Å². The zero-order valence-electron chi connectivity index (χ0n) is 6.41. The highest BCUT2D eigenvalue weighted by Crippen LogP contribution is 1.98. The highest BCUT2D eigenvalue weighted by Gasteiger charge is 1.86. The van der Waals surface area contributed by atoms with Crippen molar-refractivity contribution < 1.29 is 0 Å². The van der Waals surface area contributed by atoms with Crippen LogP contribution in [0.4, 0.5) is 0 Å². The fraction of sp³-hybridized carbons (Fsp3) is 0.375. The lowest BCUT2D eigenvalue weighted by Gasteiger charge is -1.94. The summed E-state index contributed by atoms with van der Waals surface area (Å²) in [6, 6.07) is 0. The molecule has 0 saturated heterocycles. The van der Waals surface area contributed by atoms with E-state index in [4.69, 9.17) is 0 Å². The van der Waals surface area contributed by atoms with Crippen molar-refractivity contribution in [1.29, 1.82) is 0 Å². The molecule has 0 aliphatic rings. The molecule has 0 aliphatic carbocycles. The first kappa shape index (κ1) is 9.50. The second-order valence-corrected chi connectivity index (χ2v) is 2.93. The van der Waals surface area contributed by atoms with Gasteiger partial charge in [0.1, 0.15) is 0 Å². The number of rotatable bonds is 3. The lowest BCUT2D eigenvalue weighted by atomic mass is 10.3. The summed E-state index contributed by atoms with van der Waals surface area (Å²) in [5.74, 6) is 0. The molecule has 0 aromatic carbocycles. The number of nitrogens with zero attached hydrogens (tertiary/aromatic N) is 1. The van der Waals surface area contributed by atoms with Gasteiger partial charge in [0.25, 0.3) is 0 Å². The smallest absolute Gasteiger partial charge is 0.0293 e. The van der Waals surface area contributed by atoms with E-state index in [0.29, 0.717) is 0 Å². The molecule has 0 N–H and O–H groups in total. The van der Waals surface area contributed by atoms with Crippen molar-refractivity contribution in [3.8, 4) is 0 Å². The summed E-state index contributed by atoms with van der Waals surface area (Å²) in [7, 11) is 0. The Bertz CT molecular complexity index is 157. The number of thiol groups is 1. The summed E-state index contributed by atoms with van der Waals surface area (Å²) < 4.78 is 0. The van der Waals surface area contributed by atoms with E-state index in [0.717, 1.165) is 5.57 Å². The molecule has 56 valence electrons. The number of aliphatic imine (C=N–C) groups is 1. The van der Waals surface area contributed by atoms with Crippen LogP contribution in [-0.2, 0) is 0 Å². The molecule has 0 aromatic heterocycles. The molecule has 0 heterocycles. The lowest BCUT2D eigenvalue weighted by Crippen LogP contribution is -1.86.